The fraction of sp³-hybridized carbons (Fsp3) is 0.793. The molecule has 0 spiro atoms. The predicted octanol–water partition coefficient (Wildman–Crippen LogP) is 8.77. The Hall–Kier alpha value is -1.95. The molecule has 4 fully saturated rings. The third kappa shape index (κ3) is 7.37. The monoisotopic (exact) mass is 686 g/mol. The van der Waals surface area contributed by atoms with Crippen LogP contribution in [0, 0.1) is 29.4 Å². The molecule has 1 aromatic carbocycles. The molecule has 17 heteroatoms. The number of rotatable bonds is 11. The molecule has 46 heavy (non-hydrogen) atoms. The van der Waals surface area contributed by atoms with E-state index in [0.717, 1.165) is 12.8 Å². The van der Waals surface area contributed by atoms with Crippen LogP contribution in [0.4, 0.5) is 48.3 Å². The summed E-state index contributed by atoms with van der Waals surface area (Å²) in [5, 5.41) is 0. The highest BCUT2D eigenvalue weighted by atomic mass is 19.4. The van der Waals surface area contributed by atoms with Crippen molar-refractivity contribution in [3.8, 4) is 5.75 Å². The summed E-state index contributed by atoms with van der Waals surface area (Å²) < 4.78 is 182. The lowest BCUT2D eigenvalue weighted by Gasteiger charge is -2.40. The summed E-state index contributed by atoms with van der Waals surface area (Å²) in [7, 11) is 0. The molecule has 5 rings (SSSR count). The molecule has 0 amide bonds. The van der Waals surface area contributed by atoms with Crippen LogP contribution in [0.15, 0.2) is 12.1 Å². The molecule has 0 unspecified atom stereocenters. The van der Waals surface area contributed by atoms with Crippen LogP contribution in [-0.4, -0.2) is 49.5 Å². The SMILES string of the molecule is CCCC12COC(C3CCC(C(F)(F)OC4CCC(C(F)(F)Oc5cc(F)c(C(F)(F)OC(F)(F)F)c(F)c5)CC4)CC3)(OC1)O2. The van der Waals surface area contributed by atoms with Crippen LogP contribution in [0.3, 0.4) is 0 Å². The van der Waals surface area contributed by atoms with Crippen LogP contribution in [0.25, 0.3) is 0 Å². The highest BCUT2D eigenvalue weighted by Crippen LogP contribution is 2.53. The fourth-order valence-corrected chi connectivity index (χ4v) is 6.88. The second-order valence-electron chi connectivity index (χ2n) is 12.4. The zero-order valence-electron chi connectivity index (χ0n) is 24.6. The van der Waals surface area contributed by atoms with Crippen molar-refractivity contribution in [2.45, 2.75) is 113 Å². The van der Waals surface area contributed by atoms with Gasteiger partial charge in [-0.3, -0.25) is 0 Å². The summed E-state index contributed by atoms with van der Waals surface area (Å²) in [4.78, 5) is 0. The minimum atomic E-state index is -5.97. The second-order valence-corrected chi connectivity index (χ2v) is 12.4. The van der Waals surface area contributed by atoms with Gasteiger partial charge in [0, 0.05) is 18.1 Å². The summed E-state index contributed by atoms with van der Waals surface area (Å²) in [6.07, 6.45) is -19.0. The molecule has 0 radical (unpaired) electrons. The van der Waals surface area contributed by atoms with Crippen LogP contribution in [0.5, 0.6) is 5.75 Å². The molecular weight excluding hydrogens is 653 g/mol. The zero-order valence-corrected chi connectivity index (χ0v) is 24.6. The molecule has 262 valence electrons. The van der Waals surface area contributed by atoms with Crippen LogP contribution < -0.4 is 4.74 Å². The van der Waals surface area contributed by atoms with Gasteiger partial charge in [0.15, 0.2) is 0 Å². The van der Waals surface area contributed by atoms with E-state index in [1.165, 1.54) is 0 Å². The maximum atomic E-state index is 15.2. The molecule has 2 bridgehead atoms. The van der Waals surface area contributed by atoms with E-state index in [1.54, 1.807) is 0 Å². The fourth-order valence-electron chi connectivity index (χ4n) is 6.88. The number of benzene rings is 1. The van der Waals surface area contributed by atoms with Gasteiger partial charge in [0.2, 0.25) is 0 Å². The Morgan fingerprint density at radius 1 is 0.761 bits per heavy atom. The Morgan fingerprint density at radius 2 is 1.28 bits per heavy atom. The van der Waals surface area contributed by atoms with Crippen molar-refractivity contribution in [3.63, 3.8) is 0 Å². The first-order valence-corrected chi connectivity index (χ1v) is 15.0. The average molecular weight is 687 g/mol. The van der Waals surface area contributed by atoms with Crippen molar-refractivity contribution in [2.75, 3.05) is 13.2 Å². The Balaban J connectivity index is 1.12. The van der Waals surface area contributed by atoms with Crippen molar-refractivity contribution in [1.29, 1.82) is 0 Å². The number of hydrogen-bond acceptors (Lipinski definition) is 6. The average Bonchev–Trinajstić information content (AvgIpc) is 3.49. The van der Waals surface area contributed by atoms with Gasteiger partial charge >= 0.3 is 24.7 Å². The molecular formula is C29H33F11O6. The van der Waals surface area contributed by atoms with Gasteiger partial charge in [-0.2, -0.15) is 26.3 Å². The third-order valence-corrected chi connectivity index (χ3v) is 9.12. The lowest BCUT2D eigenvalue weighted by Crippen LogP contribution is -2.45. The summed E-state index contributed by atoms with van der Waals surface area (Å²) in [5.41, 5.74) is -2.96. The van der Waals surface area contributed by atoms with Crippen LogP contribution >= 0.6 is 0 Å². The summed E-state index contributed by atoms with van der Waals surface area (Å²) in [5.74, 6) is -10.1. The van der Waals surface area contributed by atoms with Crippen LogP contribution in [0.1, 0.15) is 76.7 Å². The Morgan fingerprint density at radius 3 is 1.80 bits per heavy atom. The molecule has 2 saturated carbocycles. The van der Waals surface area contributed by atoms with E-state index in [9.17, 15) is 39.5 Å². The lowest BCUT2D eigenvalue weighted by molar-refractivity contribution is -0.432. The summed E-state index contributed by atoms with van der Waals surface area (Å²) >= 11 is 0. The first-order valence-electron chi connectivity index (χ1n) is 15.0. The molecule has 0 atom stereocenters. The third-order valence-electron chi connectivity index (χ3n) is 9.12. The molecule has 1 aromatic rings. The largest absolute Gasteiger partial charge is 0.527 e. The highest BCUT2D eigenvalue weighted by molar-refractivity contribution is 5.32. The second kappa shape index (κ2) is 12.5. The molecule has 2 saturated heterocycles. The number of alkyl halides is 9. The van der Waals surface area contributed by atoms with Gasteiger partial charge in [0.1, 0.15) is 28.5 Å². The van der Waals surface area contributed by atoms with E-state index < -0.39 is 90.0 Å². The van der Waals surface area contributed by atoms with Crippen molar-refractivity contribution in [1.82, 2.24) is 0 Å². The van der Waals surface area contributed by atoms with Crippen molar-refractivity contribution in [3.05, 3.63) is 29.3 Å². The van der Waals surface area contributed by atoms with Gasteiger partial charge in [-0.25, -0.2) is 13.5 Å². The smallest absolute Gasteiger partial charge is 0.432 e. The topological polar surface area (TPSA) is 55.4 Å². The zero-order chi connectivity index (χ0) is 33.8. The van der Waals surface area contributed by atoms with E-state index in [-0.39, 0.29) is 43.7 Å². The first kappa shape index (κ1) is 35.4. The van der Waals surface area contributed by atoms with Gasteiger partial charge in [0.25, 0.3) is 5.97 Å². The van der Waals surface area contributed by atoms with Crippen molar-refractivity contribution in [2.24, 2.45) is 17.8 Å². The molecule has 4 aliphatic rings. The Kier molecular flexibility index (Phi) is 9.61. The van der Waals surface area contributed by atoms with E-state index in [4.69, 9.17) is 18.9 Å². The Labute approximate surface area is 256 Å². The minimum absolute atomic E-state index is 0.0949. The van der Waals surface area contributed by atoms with E-state index in [1.807, 2.05) is 6.92 Å². The maximum absolute atomic E-state index is 15.2. The standard InChI is InChI=1S/C29H33F11O6/c1-2-11-24-14-41-28(45-24,42-15-24)18-5-3-16(4-6-18)25(32,33)43-19-9-7-17(8-10-19)26(34,35)44-20-12-21(30)23(22(31)13-20)27(36,37)46-29(38,39)40/h12-13,16-19H,2-11,14-15H2,1H3. The molecule has 2 heterocycles. The summed E-state index contributed by atoms with van der Waals surface area (Å²) in [6, 6.07) is -0.260. The number of ether oxygens (including phenoxy) is 6. The predicted molar refractivity (Wildman–Crippen MR) is 134 cm³/mol. The first-order chi connectivity index (χ1) is 21.3. The molecule has 2 aliphatic heterocycles. The molecule has 0 N–H and O–H groups in total. The normalized spacial score (nSPS) is 32.6. The van der Waals surface area contributed by atoms with Gasteiger partial charge < -0.3 is 23.7 Å². The molecule has 2 aliphatic carbocycles. The number of fused-ring (bicyclic) bond motifs is 2. The molecule has 6 nitrogen and oxygen atoms in total. The van der Waals surface area contributed by atoms with Gasteiger partial charge in [-0.1, -0.05) is 13.3 Å². The number of halogens is 11. The molecule has 0 aromatic heterocycles. The highest BCUT2D eigenvalue weighted by Gasteiger charge is 2.63. The minimum Gasteiger partial charge on any atom is -0.432 e. The van der Waals surface area contributed by atoms with Crippen molar-refractivity contribution >= 4 is 0 Å². The van der Waals surface area contributed by atoms with E-state index >= 15 is 8.78 Å². The van der Waals surface area contributed by atoms with E-state index in [2.05, 4.69) is 9.47 Å². The quantitative estimate of drug-likeness (QED) is 0.217. The lowest BCUT2D eigenvalue weighted by atomic mass is 9.80. The van der Waals surface area contributed by atoms with Gasteiger partial charge in [0.05, 0.1) is 31.2 Å². The Bertz CT molecular complexity index is 1200. The van der Waals surface area contributed by atoms with E-state index in [0.29, 0.717) is 26.1 Å². The van der Waals surface area contributed by atoms with Crippen LogP contribution in [0.2, 0.25) is 0 Å². The van der Waals surface area contributed by atoms with Crippen LogP contribution in [-0.2, 0) is 29.8 Å². The summed E-state index contributed by atoms with van der Waals surface area (Å²) in [6.45, 7) is 2.78. The maximum Gasteiger partial charge on any atom is 0.527 e. The van der Waals surface area contributed by atoms with Gasteiger partial charge in [-0.15, -0.1) is 13.2 Å². The van der Waals surface area contributed by atoms with Crippen molar-refractivity contribution < 1.29 is 76.7 Å². The number of hydrogen-bond donors (Lipinski definition) is 0. The van der Waals surface area contributed by atoms with Gasteiger partial charge in [-0.05, 0) is 57.8 Å².